The van der Waals surface area contributed by atoms with Crippen LogP contribution in [0.1, 0.15) is 22.6 Å². The van der Waals surface area contributed by atoms with E-state index >= 15 is 0 Å². The quantitative estimate of drug-likeness (QED) is 0.666. The summed E-state index contributed by atoms with van der Waals surface area (Å²) in [6.07, 6.45) is 3.71. The monoisotopic (exact) mass is 288 g/mol. The van der Waals surface area contributed by atoms with Gasteiger partial charge in [-0.2, -0.15) is 0 Å². The van der Waals surface area contributed by atoms with Crippen molar-refractivity contribution >= 4 is 5.97 Å². The second-order valence-electron chi connectivity index (χ2n) is 4.51. The zero-order valence-electron chi connectivity index (χ0n) is 11.7. The minimum absolute atomic E-state index is 0.238. The first-order chi connectivity index (χ1) is 10.1. The van der Waals surface area contributed by atoms with E-state index in [2.05, 4.69) is 4.98 Å². The van der Waals surface area contributed by atoms with Crippen molar-refractivity contribution in [3.05, 3.63) is 58.3 Å². The highest BCUT2D eigenvalue weighted by molar-refractivity contribution is 5.87. The predicted octanol–water partition coefficient (Wildman–Crippen LogP) is 1.50. The Morgan fingerprint density at radius 1 is 1.38 bits per heavy atom. The minimum Gasteiger partial charge on any atom is -0.503 e. The zero-order valence-corrected chi connectivity index (χ0v) is 11.7. The number of esters is 1. The third kappa shape index (κ3) is 3.68. The molecule has 2 aromatic rings. The van der Waals surface area contributed by atoms with Crippen LogP contribution in [0, 0.1) is 6.92 Å². The Labute approximate surface area is 121 Å². The fourth-order valence-corrected chi connectivity index (χ4v) is 1.86. The third-order valence-corrected chi connectivity index (χ3v) is 3.06. The topological polar surface area (TPSA) is 81.4 Å². The standard InChI is InChI=1S/C15H16N2O4/c1-11-14(19)13(18)6-9-17(11)8-4-10-21-15(20)12-5-2-3-7-16-12/h2-3,5-7,9,19H,4,8,10H2,1H3. The highest BCUT2D eigenvalue weighted by Crippen LogP contribution is 2.09. The van der Waals surface area contributed by atoms with Crippen molar-refractivity contribution in [2.75, 3.05) is 6.61 Å². The summed E-state index contributed by atoms with van der Waals surface area (Å²) in [5.41, 5.74) is 0.374. The Morgan fingerprint density at radius 3 is 2.90 bits per heavy atom. The molecule has 2 aromatic heterocycles. The van der Waals surface area contributed by atoms with E-state index in [9.17, 15) is 14.7 Å². The lowest BCUT2D eigenvalue weighted by Crippen LogP contribution is -2.13. The van der Waals surface area contributed by atoms with Gasteiger partial charge in [0.1, 0.15) is 5.69 Å². The first kappa shape index (κ1) is 14.8. The van der Waals surface area contributed by atoms with Gasteiger partial charge in [0.05, 0.1) is 12.3 Å². The zero-order chi connectivity index (χ0) is 15.2. The molecule has 21 heavy (non-hydrogen) atoms. The molecule has 0 unspecified atom stereocenters. The van der Waals surface area contributed by atoms with Crippen LogP contribution in [0.25, 0.3) is 0 Å². The number of aryl methyl sites for hydroxylation is 1. The van der Waals surface area contributed by atoms with Gasteiger partial charge in [-0.3, -0.25) is 4.79 Å². The number of hydrogen-bond acceptors (Lipinski definition) is 5. The van der Waals surface area contributed by atoms with Crippen molar-refractivity contribution in [3.63, 3.8) is 0 Å². The summed E-state index contributed by atoms with van der Waals surface area (Å²) in [7, 11) is 0. The molecule has 110 valence electrons. The van der Waals surface area contributed by atoms with E-state index in [-0.39, 0.29) is 18.1 Å². The van der Waals surface area contributed by atoms with Crippen molar-refractivity contribution in [1.82, 2.24) is 9.55 Å². The van der Waals surface area contributed by atoms with Crippen LogP contribution in [0.4, 0.5) is 0 Å². The van der Waals surface area contributed by atoms with Gasteiger partial charge in [-0.15, -0.1) is 0 Å². The van der Waals surface area contributed by atoms with E-state index in [0.29, 0.717) is 18.7 Å². The molecule has 0 aliphatic carbocycles. The molecule has 0 aliphatic heterocycles. The summed E-state index contributed by atoms with van der Waals surface area (Å²) < 4.78 is 6.85. The molecule has 6 nitrogen and oxygen atoms in total. The van der Waals surface area contributed by atoms with E-state index < -0.39 is 11.4 Å². The van der Waals surface area contributed by atoms with Crippen LogP contribution in [-0.2, 0) is 11.3 Å². The van der Waals surface area contributed by atoms with Crippen LogP contribution >= 0.6 is 0 Å². The molecule has 0 atom stereocenters. The number of hydrogen-bond donors (Lipinski definition) is 1. The minimum atomic E-state index is -0.463. The van der Waals surface area contributed by atoms with Gasteiger partial charge in [-0.25, -0.2) is 9.78 Å². The van der Waals surface area contributed by atoms with Gasteiger partial charge < -0.3 is 14.4 Å². The summed E-state index contributed by atoms with van der Waals surface area (Å²) in [5.74, 6) is -0.710. The lowest BCUT2D eigenvalue weighted by atomic mass is 10.3. The molecule has 0 bridgehead atoms. The van der Waals surface area contributed by atoms with Crippen LogP contribution in [0.5, 0.6) is 5.75 Å². The normalized spacial score (nSPS) is 10.3. The Morgan fingerprint density at radius 2 is 2.19 bits per heavy atom. The van der Waals surface area contributed by atoms with Gasteiger partial charge in [-0.05, 0) is 25.5 Å². The lowest BCUT2D eigenvalue weighted by molar-refractivity contribution is 0.0489. The largest absolute Gasteiger partial charge is 0.503 e. The molecule has 0 saturated carbocycles. The third-order valence-electron chi connectivity index (χ3n) is 3.06. The maximum atomic E-state index is 11.6. The average molecular weight is 288 g/mol. The Kier molecular flexibility index (Phi) is 4.71. The van der Waals surface area contributed by atoms with Crippen LogP contribution in [-0.4, -0.2) is 27.2 Å². The molecule has 2 rings (SSSR count). The first-order valence-corrected chi connectivity index (χ1v) is 6.57. The smallest absolute Gasteiger partial charge is 0.356 e. The van der Waals surface area contributed by atoms with Crippen LogP contribution in [0.15, 0.2) is 41.5 Å². The van der Waals surface area contributed by atoms with Gasteiger partial charge >= 0.3 is 5.97 Å². The van der Waals surface area contributed by atoms with Crippen LogP contribution < -0.4 is 5.43 Å². The summed E-state index contributed by atoms with van der Waals surface area (Å²) in [4.78, 5) is 26.8. The van der Waals surface area contributed by atoms with Gasteiger partial charge in [0, 0.05) is 25.0 Å². The lowest BCUT2D eigenvalue weighted by Gasteiger charge is -2.11. The maximum absolute atomic E-state index is 11.6. The molecular weight excluding hydrogens is 272 g/mol. The maximum Gasteiger partial charge on any atom is 0.356 e. The number of carbonyl (C=O) groups excluding carboxylic acids is 1. The molecule has 0 amide bonds. The van der Waals surface area contributed by atoms with Crippen molar-refractivity contribution < 1.29 is 14.6 Å². The second kappa shape index (κ2) is 6.69. The number of aromatic nitrogens is 2. The molecular formula is C15H16N2O4. The van der Waals surface area contributed by atoms with Crippen molar-refractivity contribution in [2.45, 2.75) is 19.9 Å². The summed E-state index contributed by atoms with van der Waals surface area (Å²) >= 11 is 0. The molecule has 1 N–H and O–H groups in total. The second-order valence-corrected chi connectivity index (χ2v) is 4.51. The van der Waals surface area contributed by atoms with E-state index in [1.165, 1.54) is 12.3 Å². The fourth-order valence-electron chi connectivity index (χ4n) is 1.86. The fraction of sp³-hybridized carbons (Fsp3) is 0.267. The SMILES string of the molecule is Cc1c(O)c(=O)ccn1CCCOC(=O)c1ccccn1. The molecule has 0 fully saturated rings. The van der Waals surface area contributed by atoms with Crippen molar-refractivity contribution in [1.29, 1.82) is 0 Å². The Bertz CT molecular complexity index is 680. The number of ether oxygens (including phenoxy) is 1. The van der Waals surface area contributed by atoms with Gasteiger partial charge in [-0.1, -0.05) is 6.07 Å². The summed E-state index contributed by atoms with van der Waals surface area (Å²) in [6, 6.07) is 6.34. The van der Waals surface area contributed by atoms with E-state index in [1.54, 1.807) is 35.9 Å². The number of nitrogens with zero attached hydrogens (tertiary/aromatic N) is 2. The summed E-state index contributed by atoms with van der Waals surface area (Å²) in [6.45, 7) is 2.44. The van der Waals surface area contributed by atoms with E-state index in [1.807, 2.05) is 0 Å². The number of pyridine rings is 2. The number of rotatable bonds is 5. The molecule has 0 spiro atoms. The highest BCUT2D eigenvalue weighted by atomic mass is 16.5. The Hall–Kier alpha value is -2.63. The van der Waals surface area contributed by atoms with Crippen LogP contribution in [0.3, 0.4) is 0 Å². The number of aromatic hydroxyl groups is 1. The molecule has 0 radical (unpaired) electrons. The average Bonchev–Trinajstić information content (AvgIpc) is 2.51. The highest BCUT2D eigenvalue weighted by Gasteiger charge is 2.08. The van der Waals surface area contributed by atoms with Crippen LogP contribution in [0.2, 0.25) is 0 Å². The van der Waals surface area contributed by atoms with Gasteiger partial charge in [0.25, 0.3) is 0 Å². The van der Waals surface area contributed by atoms with E-state index in [0.717, 1.165) is 0 Å². The van der Waals surface area contributed by atoms with E-state index in [4.69, 9.17) is 4.74 Å². The van der Waals surface area contributed by atoms with Crippen molar-refractivity contribution in [2.24, 2.45) is 0 Å². The molecule has 0 saturated heterocycles. The Balaban J connectivity index is 1.84. The molecule has 6 heteroatoms. The summed E-state index contributed by atoms with van der Waals surface area (Å²) in [5, 5.41) is 9.55. The number of carbonyl (C=O) groups is 1. The van der Waals surface area contributed by atoms with Crippen molar-refractivity contribution in [3.8, 4) is 5.75 Å². The molecule has 0 aliphatic rings. The first-order valence-electron chi connectivity index (χ1n) is 6.57. The molecule has 0 aromatic carbocycles. The van der Waals surface area contributed by atoms with Gasteiger partial charge in [0.2, 0.25) is 5.43 Å². The van der Waals surface area contributed by atoms with Gasteiger partial charge in [0.15, 0.2) is 5.75 Å². The molecule has 2 heterocycles. The predicted molar refractivity (Wildman–Crippen MR) is 76.2 cm³/mol.